The normalized spacial score (nSPS) is 11.4. The zero-order chi connectivity index (χ0) is 29.6. The van der Waals surface area contributed by atoms with Gasteiger partial charge in [-0.3, -0.25) is 15.3 Å². The van der Waals surface area contributed by atoms with Gasteiger partial charge in [-0.2, -0.15) is 0 Å². The van der Waals surface area contributed by atoms with Crippen LogP contribution in [0.25, 0.3) is 0 Å². The number of hydrogen-bond acceptors (Lipinski definition) is 5. The summed E-state index contributed by atoms with van der Waals surface area (Å²) in [7, 11) is 0. The highest BCUT2D eigenvalue weighted by Crippen LogP contribution is 2.19. The van der Waals surface area contributed by atoms with Gasteiger partial charge in [0, 0.05) is 31.1 Å². The molecule has 0 fully saturated rings. The predicted molar refractivity (Wildman–Crippen MR) is 184 cm³/mol. The Bertz CT molecular complexity index is 1510. The maximum Gasteiger partial charge on any atom is 0.174 e. The number of aliphatic imine (C=N–C) groups is 2. The molecule has 2 N–H and O–H groups in total. The van der Waals surface area contributed by atoms with Gasteiger partial charge in [0.15, 0.2) is 12.4 Å². The van der Waals surface area contributed by atoms with Crippen molar-refractivity contribution in [3.8, 4) is 0 Å². The number of hydrogen-bond donors (Lipinski definition) is 1. The van der Waals surface area contributed by atoms with Crippen LogP contribution >= 0.6 is 34.0 Å². The van der Waals surface area contributed by atoms with Crippen LogP contribution in [0.15, 0.2) is 113 Å². The number of aromatic nitrogens is 2. The van der Waals surface area contributed by atoms with E-state index >= 15 is 0 Å². The molecule has 0 atom stereocenters. The number of unbranched alkanes of at least 4 members (excludes halogenated alkanes) is 3. The molecule has 4 rings (SSSR count). The molecule has 0 unspecified atom stereocenters. The van der Waals surface area contributed by atoms with Crippen LogP contribution in [0.3, 0.4) is 0 Å². The molecule has 4 aromatic rings. The molecule has 8 nitrogen and oxygen atoms in total. The van der Waals surface area contributed by atoms with E-state index in [9.17, 15) is 10.2 Å². The van der Waals surface area contributed by atoms with Gasteiger partial charge in [0.2, 0.25) is 0 Å². The van der Waals surface area contributed by atoms with Crippen LogP contribution in [-0.4, -0.2) is 16.4 Å². The molecule has 0 aliphatic carbocycles. The summed E-state index contributed by atoms with van der Waals surface area (Å²) in [5.41, 5.74) is 4.33. The first-order valence-electron chi connectivity index (χ1n) is 14.7. The molecule has 0 spiro atoms. The summed E-state index contributed by atoms with van der Waals surface area (Å²) >= 11 is 0. The van der Waals surface area contributed by atoms with E-state index < -0.39 is 0 Å². The first-order chi connectivity index (χ1) is 20.5. The van der Waals surface area contributed by atoms with Gasteiger partial charge in [-0.05, 0) is 99.9 Å². The average molecular weight is 727 g/mol. The Morgan fingerprint density at radius 2 is 1.14 bits per heavy atom. The summed E-state index contributed by atoms with van der Waals surface area (Å²) in [6, 6.07) is 23.2. The second-order valence-electron chi connectivity index (χ2n) is 10.1. The Labute approximate surface area is 281 Å². The molecule has 234 valence electrons. The molecule has 10 heteroatoms. The Hall–Kier alpha value is -3.60. The fourth-order valence-electron chi connectivity index (χ4n) is 4.40. The van der Waals surface area contributed by atoms with Crippen molar-refractivity contribution in [3.05, 3.63) is 103 Å². The van der Waals surface area contributed by atoms with Crippen LogP contribution in [0, 0.1) is 0 Å². The van der Waals surface area contributed by atoms with E-state index in [0.29, 0.717) is 24.2 Å². The molecule has 0 saturated heterocycles. The van der Waals surface area contributed by atoms with E-state index in [1.54, 1.807) is 0 Å². The fraction of sp³-hybridized carbons (Fsp3) is 0.294. The molecule has 2 aromatic heterocycles. The van der Waals surface area contributed by atoms with Crippen molar-refractivity contribution in [1.82, 2.24) is 4.57 Å². The van der Waals surface area contributed by atoms with Crippen LogP contribution in [0.4, 0.5) is 28.4 Å². The molecule has 0 aliphatic rings. The second-order valence-corrected chi connectivity index (χ2v) is 10.1. The predicted octanol–water partition coefficient (Wildman–Crippen LogP) is 5.55. The highest BCUT2D eigenvalue weighted by atomic mass is 79.9. The minimum absolute atomic E-state index is 0. The lowest BCUT2D eigenvalue weighted by Gasteiger charge is -2.12. The van der Waals surface area contributed by atoms with E-state index in [-0.39, 0.29) is 45.8 Å². The maximum atomic E-state index is 12.3. The van der Waals surface area contributed by atoms with Crippen LogP contribution in [0.5, 0.6) is 0 Å². The SMILES string of the molecule is Br.Br.CCn1ccc(=Nc2ccc(N=C([O-])CCCCCCC([O-])=Nc3ccc([NH2+]c4cc[n+](CC)cc4)cc3)cc2)cc1. The highest BCUT2D eigenvalue weighted by Gasteiger charge is 2.04. The molecular formula is C34H42Br2N6O2. The molecule has 0 saturated carbocycles. The third kappa shape index (κ3) is 12.6. The molecule has 0 amide bonds. The smallest absolute Gasteiger partial charge is 0.174 e. The zero-order valence-electron chi connectivity index (χ0n) is 25.3. The number of pyridine rings is 2. The Morgan fingerprint density at radius 1 is 0.659 bits per heavy atom. The highest BCUT2D eigenvalue weighted by molar-refractivity contribution is 8.93. The lowest BCUT2D eigenvalue weighted by molar-refractivity contribution is -0.694. The van der Waals surface area contributed by atoms with Gasteiger partial charge in [-0.15, -0.1) is 34.0 Å². The Kier molecular flexibility index (Phi) is 16.3. The summed E-state index contributed by atoms with van der Waals surface area (Å²) in [6.07, 6.45) is 12.2. The topological polar surface area (TPSA) is 109 Å². The largest absolute Gasteiger partial charge is 0.862 e. The van der Waals surface area contributed by atoms with E-state index in [0.717, 1.165) is 61.2 Å². The summed E-state index contributed by atoms with van der Waals surface area (Å²) in [5.74, 6) is -0.243. The molecule has 44 heavy (non-hydrogen) atoms. The molecule has 0 aliphatic heterocycles. The van der Waals surface area contributed by atoms with E-state index in [2.05, 4.69) is 67.8 Å². The van der Waals surface area contributed by atoms with E-state index in [1.165, 1.54) is 0 Å². The molecule has 2 heterocycles. The van der Waals surface area contributed by atoms with Crippen molar-refractivity contribution in [1.29, 1.82) is 0 Å². The molecule has 0 bridgehead atoms. The van der Waals surface area contributed by atoms with Crippen molar-refractivity contribution < 1.29 is 20.1 Å². The number of aryl methyl sites for hydroxylation is 2. The maximum absolute atomic E-state index is 12.3. The lowest BCUT2D eigenvalue weighted by Crippen LogP contribution is -2.71. The van der Waals surface area contributed by atoms with Crippen molar-refractivity contribution in [2.45, 2.75) is 65.5 Å². The quantitative estimate of drug-likeness (QED) is 0.0605. The Balaban J connectivity index is 0.00000337. The third-order valence-electron chi connectivity index (χ3n) is 6.89. The molecule has 0 radical (unpaired) electrons. The number of halogens is 2. The number of quaternary nitrogens is 1. The second kappa shape index (κ2) is 19.6. The van der Waals surface area contributed by atoms with Crippen LogP contribution < -0.4 is 25.5 Å². The first-order valence-corrected chi connectivity index (χ1v) is 14.7. The van der Waals surface area contributed by atoms with Gasteiger partial charge in [0.05, 0.1) is 34.6 Å². The average Bonchev–Trinajstić information content (AvgIpc) is 3.01. The van der Waals surface area contributed by atoms with Crippen LogP contribution in [0.2, 0.25) is 0 Å². The summed E-state index contributed by atoms with van der Waals surface area (Å²) in [6.45, 7) is 6.07. The van der Waals surface area contributed by atoms with Gasteiger partial charge in [0.25, 0.3) is 0 Å². The number of benzene rings is 2. The van der Waals surface area contributed by atoms with E-state index in [4.69, 9.17) is 0 Å². The molecule has 2 aromatic carbocycles. The number of nitrogens with zero attached hydrogens (tertiary/aromatic N) is 5. The van der Waals surface area contributed by atoms with Crippen LogP contribution in [0.1, 0.15) is 52.4 Å². The van der Waals surface area contributed by atoms with Crippen molar-refractivity contribution in [2.24, 2.45) is 15.0 Å². The third-order valence-corrected chi connectivity index (χ3v) is 6.89. The van der Waals surface area contributed by atoms with Crippen molar-refractivity contribution in [3.63, 3.8) is 0 Å². The fourth-order valence-corrected chi connectivity index (χ4v) is 4.40. The lowest BCUT2D eigenvalue weighted by atomic mass is 10.1. The standard InChI is InChI=1S/C34H40N6O2.2BrH/c1-3-39-23-19-31(20-24-39)35-27-11-15-29(16-12-27)37-33(41)9-7-5-6-8-10-34(42)38-30-17-13-28(14-18-30)36-32-21-25-40(4-2)26-22-32;;/h11-26H,3-10H2,1-2H3,(H2,37,38,41,42);2*1H. The summed E-state index contributed by atoms with van der Waals surface area (Å²) in [4.78, 5) is 13.0. The number of nitrogens with two attached hydrogens (primary N) is 1. The summed E-state index contributed by atoms with van der Waals surface area (Å²) < 4.78 is 4.20. The van der Waals surface area contributed by atoms with Gasteiger partial charge in [-0.25, -0.2) is 9.56 Å². The Morgan fingerprint density at radius 3 is 1.64 bits per heavy atom. The minimum atomic E-state index is -0.129. The monoisotopic (exact) mass is 724 g/mol. The van der Waals surface area contributed by atoms with E-state index in [1.807, 2.05) is 73.1 Å². The van der Waals surface area contributed by atoms with Crippen molar-refractivity contribution >= 4 is 74.2 Å². The van der Waals surface area contributed by atoms with Crippen LogP contribution in [-0.2, 0) is 13.1 Å². The zero-order valence-corrected chi connectivity index (χ0v) is 28.8. The van der Waals surface area contributed by atoms with Gasteiger partial charge in [0.1, 0.15) is 17.9 Å². The molecular weight excluding hydrogens is 684 g/mol. The summed E-state index contributed by atoms with van der Waals surface area (Å²) in [5, 5.41) is 27.6. The first kappa shape index (κ1) is 36.6. The number of rotatable bonds is 14. The van der Waals surface area contributed by atoms with Gasteiger partial charge < -0.3 is 14.8 Å². The van der Waals surface area contributed by atoms with Gasteiger partial charge >= 0.3 is 0 Å². The minimum Gasteiger partial charge on any atom is -0.862 e. The van der Waals surface area contributed by atoms with Gasteiger partial charge in [-0.1, -0.05) is 12.8 Å². The van der Waals surface area contributed by atoms with Crippen molar-refractivity contribution in [2.75, 3.05) is 0 Å².